The maximum absolute atomic E-state index is 13.5. The van der Waals surface area contributed by atoms with Crippen LogP contribution in [0.3, 0.4) is 0 Å². The van der Waals surface area contributed by atoms with Crippen LogP contribution in [0.5, 0.6) is 6.01 Å². The lowest BCUT2D eigenvalue weighted by atomic mass is 9.85. The van der Waals surface area contributed by atoms with Crippen molar-refractivity contribution in [3.05, 3.63) is 30.4 Å². The molecule has 2 unspecified atom stereocenters. The Labute approximate surface area is 174 Å². The zero-order valence-electron chi connectivity index (χ0n) is 17.5. The van der Waals surface area contributed by atoms with E-state index in [4.69, 9.17) is 4.74 Å². The molecule has 0 aliphatic carbocycles. The van der Waals surface area contributed by atoms with E-state index in [0.29, 0.717) is 5.69 Å². The first kappa shape index (κ1) is 21.6. The number of β-amino-alcohol motifs (C(OH)–C–C–N with tert-alkyl or cyclic N) is 1. The van der Waals surface area contributed by atoms with Gasteiger partial charge in [0, 0.05) is 32.4 Å². The molecule has 30 heavy (non-hydrogen) atoms. The Morgan fingerprint density at radius 1 is 1.33 bits per heavy atom. The van der Waals surface area contributed by atoms with Gasteiger partial charge in [-0.2, -0.15) is 0 Å². The van der Waals surface area contributed by atoms with Crippen molar-refractivity contribution in [1.29, 1.82) is 0 Å². The molecule has 1 aliphatic heterocycles. The van der Waals surface area contributed by atoms with Crippen LogP contribution in [-0.4, -0.2) is 72.5 Å². The summed E-state index contributed by atoms with van der Waals surface area (Å²) in [4.78, 5) is 35.1. The second kappa shape index (κ2) is 8.74. The largest absolute Gasteiger partial charge is 0.457 e. The molecule has 2 aromatic heterocycles. The van der Waals surface area contributed by atoms with E-state index in [9.17, 15) is 14.7 Å². The molecule has 3 atom stereocenters. The van der Waals surface area contributed by atoms with Crippen molar-refractivity contribution >= 4 is 11.8 Å². The predicted molar refractivity (Wildman–Crippen MR) is 105 cm³/mol. The van der Waals surface area contributed by atoms with Gasteiger partial charge in [0.15, 0.2) is 0 Å². The number of likely N-dealkylation sites (tertiary alicyclic amines) is 1. The molecule has 2 N–H and O–H groups in total. The standard InChI is InChI=1S/C19H27N7O4/c1-19(2,3)15(17(29)25-10-13(27)8-14(25)16(28)20-4)26-9-12(23-24-26)11-30-18-21-6-5-7-22-18/h5-7,9,13-15,27H,8,10-11H2,1-4H3,(H,20,28)/t13?,14?,15-/m1/s1. The molecule has 11 heteroatoms. The number of rotatable bonds is 6. The molecule has 11 nitrogen and oxygen atoms in total. The molecule has 2 amide bonds. The third kappa shape index (κ3) is 4.73. The van der Waals surface area contributed by atoms with Gasteiger partial charge in [-0.05, 0) is 11.5 Å². The Bertz CT molecular complexity index is 881. The van der Waals surface area contributed by atoms with Crippen molar-refractivity contribution in [1.82, 2.24) is 35.2 Å². The van der Waals surface area contributed by atoms with Crippen molar-refractivity contribution in [2.24, 2.45) is 5.41 Å². The molecule has 162 valence electrons. The number of amides is 2. The number of aromatic nitrogens is 5. The molecule has 3 heterocycles. The molecule has 0 bridgehead atoms. The maximum atomic E-state index is 13.5. The summed E-state index contributed by atoms with van der Waals surface area (Å²) in [6, 6.07) is 0.465. The first-order valence-electron chi connectivity index (χ1n) is 9.71. The van der Waals surface area contributed by atoms with Crippen LogP contribution in [0.4, 0.5) is 0 Å². The van der Waals surface area contributed by atoms with Crippen LogP contribution in [0.1, 0.15) is 38.9 Å². The van der Waals surface area contributed by atoms with Crippen LogP contribution in [0.25, 0.3) is 0 Å². The fourth-order valence-electron chi connectivity index (χ4n) is 3.51. The molecule has 2 aromatic rings. The summed E-state index contributed by atoms with van der Waals surface area (Å²) in [6.45, 7) is 5.92. The number of hydrogen-bond acceptors (Lipinski definition) is 8. The minimum absolute atomic E-state index is 0.0956. The lowest BCUT2D eigenvalue weighted by Gasteiger charge is -2.34. The number of likely N-dealkylation sites (N-methyl/N-ethyl adjacent to an activating group) is 1. The van der Waals surface area contributed by atoms with E-state index in [1.165, 1.54) is 16.6 Å². The van der Waals surface area contributed by atoms with Crippen LogP contribution in [0.2, 0.25) is 0 Å². The van der Waals surface area contributed by atoms with Gasteiger partial charge in [0.25, 0.3) is 0 Å². The van der Waals surface area contributed by atoms with Gasteiger partial charge in [0.1, 0.15) is 24.4 Å². The Morgan fingerprint density at radius 3 is 2.67 bits per heavy atom. The van der Waals surface area contributed by atoms with Crippen LogP contribution in [0.15, 0.2) is 24.7 Å². The van der Waals surface area contributed by atoms with Gasteiger partial charge in [0.05, 0.1) is 12.3 Å². The number of carbonyl (C=O) groups is 2. The fourth-order valence-corrected chi connectivity index (χ4v) is 3.51. The van der Waals surface area contributed by atoms with E-state index < -0.39 is 23.6 Å². The summed E-state index contributed by atoms with van der Waals surface area (Å²) in [5.41, 5.74) is -0.0134. The second-order valence-electron chi connectivity index (χ2n) is 8.29. The molecule has 3 rings (SSSR count). The quantitative estimate of drug-likeness (QED) is 0.667. The summed E-state index contributed by atoms with van der Waals surface area (Å²) in [7, 11) is 1.51. The van der Waals surface area contributed by atoms with Gasteiger partial charge in [-0.1, -0.05) is 26.0 Å². The maximum Gasteiger partial charge on any atom is 0.316 e. The molecule has 1 saturated heterocycles. The Kier molecular flexibility index (Phi) is 6.30. The second-order valence-corrected chi connectivity index (χ2v) is 8.29. The molecule has 0 spiro atoms. The molecule has 1 fully saturated rings. The van der Waals surface area contributed by atoms with Crippen LogP contribution < -0.4 is 10.1 Å². The van der Waals surface area contributed by atoms with Crippen LogP contribution in [0, 0.1) is 5.41 Å². The van der Waals surface area contributed by atoms with Crippen molar-refractivity contribution in [3.63, 3.8) is 0 Å². The average Bonchev–Trinajstić information content (AvgIpc) is 3.32. The zero-order chi connectivity index (χ0) is 21.9. The first-order valence-corrected chi connectivity index (χ1v) is 9.71. The van der Waals surface area contributed by atoms with Gasteiger partial charge in [-0.3, -0.25) is 9.59 Å². The number of nitrogens with one attached hydrogen (secondary N) is 1. The van der Waals surface area contributed by atoms with Crippen molar-refractivity contribution in [2.45, 2.75) is 52.0 Å². The van der Waals surface area contributed by atoms with E-state index in [1.54, 1.807) is 24.7 Å². The Balaban J connectivity index is 1.80. The van der Waals surface area contributed by atoms with Crippen molar-refractivity contribution in [3.8, 4) is 6.01 Å². The van der Waals surface area contributed by atoms with Crippen LogP contribution >= 0.6 is 0 Å². The third-order valence-corrected chi connectivity index (χ3v) is 4.88. The Hall–Kier alpha value is -3.08. The molecular weight excluding hydrogens is 390 g/mol. The van der Waals surface area contributed by atoms with E-state index >= 15 is 0 Å². The highest BCUT2D eigenvalue weighted by Crippen LogP contribution is 2.34. The number of ether oxygens (including phenoxy) is 1. The highest BCUT2D eigenvalue weighted by Gasteiger charge is 2.44. The molecular formula is C19H27N7O4. The number of nitrogens with zero attached hydrogens (tertiary/aromatic N) is 6. The Morgan fingerprint density at radius 2 is 2.03 bits per heavy atom. The molecule has 0 radical (unpaired) electrons. The fraction of sp³-hybridized carbons (Fsp3) is 0.579. The summed E-state index contributed by atoms with van der Waals surface area (Å²) in [5, 5.41) is 20.8. The lowest BCUT2D eigenvalue weighted by Crippen LogP contribution is -2.49. The molecule has 1 aliphatic rings. The summed E-state index contributed by atoms with van der Waals surface area (Å²) >= 11 is 0. The van der Waals surface area contributed by atoms with Gasteiger partial charge in [-0.15, -0.1) is 5.10 Å². The summed E-state index contributed by atoms with van der Waals surface area (Å²) in [5.74, 6) is -0.598. The monoisotopic (exact) mass is 417 g/mol. The summed E-state index contributed by atoms with van der Waals surface area (Å²) < 4.78 is 6.97. The average molecular weight is 417 g/mol. The van der Waals surface area contributed by atoms with Crippen molar-refractivity contribution < 1.29 is 19.4 Å². The smallest absolute Gasteiger partial charge is 0.316 e. The highest BCUT2D eigenvalue weighted by atomic mass is 16.5. The SMILES string of the molecule is CNC(=O)C1CC(O)CN1C(=O)[C@@H](n1cc(COc2ncccn2)nn1)C(C)(C)C. The number of aliphatic hydroxyl groups is 1. The minimum Gasteiger partial charge on any atom is -0.457 e. The van der Waals surface area contributed by atoms with E-state index in [1.807, 2.05) is 20.8 Å². The predicted octanol–water partition coefficient (Wildman–Crippen LogP) is -0.0579. The number of carbonyl (C=O) groups excluding carboxylic acids is 2. The van der Waals surface area contributed by atoms with Gasteiger partial charge in [0.2, 0.25) is 11.8 Å². The highest BCUT2D eigenvalue weighted by molar-refractivity contribution is 5.90. The molecule has 0 saturated carbocycles. The number of aliphatic hydroxyl groups excluding tert-OH is 1. The van der Waals surface area contributed by atoms with Gasteiger partial charge >= 0.3 is 6.01 Å². The zero-order valence-corrected chi connectivity index (χ0v) is 17.5. The van der Waals surface area contributed by atoms with Crippen molar-refractivity contribution in [2.75, 3.05) is 13.6 Å². The third-order valence-electron chi connectivity index (χ3n) is 4.88. The van der Waals surface area contributed by atoms with E-state index in [0.717, 1.165) is 0 Å². The molecule has 0 aromatic carbocycles. The topological polar surface area (TPSA) is 135 Å². The van der Waals surface area contributed by atoms with E-state index in [2.05, 4.69) is 25.6 Å². The van der Waals surface area contributed by atoms with Crippen LogP contribution in [-0.2, 0) is 16.2 Å². The minimum atomic E-state index is -0.748. The summed E-state index contributed by atoms with van der Waals surface area (Å²) in [6.07, 6.45) is 4.23. The first-order chi connectivity index (χ1) is 14.2. The lowest BCUT2D eigenvalue weighted by molar-refractivity contribution is -0.144. The normalized spacial score (nSPS) is 20.1. The van der Waals surface area contributed by atoms with Gasteiger partial charge in [-0.25, -0.2) is 14.6 Å². The van der Waals surface area contributed by atoms with Gasteiger partial charge < -0.3 is 20.1 Å². The van der Waals surface area contributed by atoms with E-state index in [-0.39, 0.29) is 37.4 Å². The number of hydrogen-bond donors (Lipinski definition) is 2.